The van der Waals surface area contributed by atoms with Gasteiger partial charge in [0.25, 0.3) is 0 Å². The minimum Gasteiger partial charge on any atom is -0.493 e. The fourth-order valence-corrected chi connectivity index (χ4v) is 3.30. The molecule has 2 rings (SSSR count). The van der Waals surface area contributed by atoms with E-state index < -0.39 is 0 Å². The number of piperidine rings is 1. The van der Waals surface area contributed by atoms with Gasteiger partial charge in [-0.1, -0.05) is 24.9 Å². The van der Waals surface area contributed by atoms with Crippen LogP contribution in [0.4, 0.5) is 0 Å². The highest BCUT2D eigenvalue weighted by atomic mass is 35.5. The highest BCUT2D eigenvalue weighted by Crippen LogP contribution is 2.39. The largest absolute Gasteiger partial charge is 0.493 e. The first kappa shape index (κ1) is 15.5. The lowest BCUT2D eigenvalue weighted by molar-refractivity contribution is 0.350. The van der Waals surface area contributed by atoms with Crippen LogP contribution in [0.3, 0.4) is 0 Å². The number of benzene rings is 1. The van der Waals surface area contributed by atoms with E-state index in [1.807, 2.05) is 6.07 Å². The third-order valence-corrected chi connectivity index (χ3v) is 4.39. The normalized spacial score (nSPS) is 18.9. The number of ether oxygens (including phenoxy) is 2. The van der Waals surface area contributed by atoms with Crippen LogP contribution in [0.1, 0.15) is 37.3 Å². The van der Waals surface area contributed by atoms with Gasteiger partial charge in [0.1, 0.15) is 0 Å². The van der Waals surface area contributed by atoms with Gasteiger partial charge < -0.3 is 14.8 Å². The molecule has 1 saturated heterocycles. The predicted molar refractivity (Wildman–Crippen MR) is 83.3 cm³/mol. The summed E-state index contributed by atoms with van der Waals surface area (Å²) in [5.74, 6) is 1.54. The maximum atomic E-state index is 6.48. The van der Waals surface area contributed by atoms with Crippen LogP contribution in [0.5, 0.6) is 11.5 Å². The molecule has 0 saturated carbocycles. The Balaban J connectivity index is 2.35. The van der Waals surface area contributed by atoms with Gasteiger partial charge in [0.15, 0.2) is 11.5 Å². The smallest absolute Gasteiger partial charge is 0.164 e. The second-order valence-corrected chi connectivity index (χ2v) is 5.66. The van der Waals surface area contributed by atoms with Crippen molar-refractivity contribution < 1.29 is 9.47 Å². The Hall–Kier alpha value is -0.930. The summed E-state index contributed by atoms with van der Waals surface area (Å²) in [6.45, 7) is 3.24. The van der Waals surface area contributed by atoms with E-state index in [0.29, 0.717) is 6.04 Å². The van der Waals surface area contributed by atoms with Crippen molar-refractivity contribution >= 4 is 11.6 Å². The molecule has 0 bridgehead atoms. The second kappa shape index (κ2) is 7.19. The molecule has 1 aliphatic rings. The van der Waals surface area contributed by atoms with Gasteiger partial charge in [-0.3, -0.25) is 0 Å². The molecule has 1 heterocycles. The van der Waals surface area contributed by atoms with E-state index in [-0.39, 0.29) is 0 Å². The number of rotatable bonds is 5. The van der Waals surface area contributed by atoms with Crippen molar-refractivity contribution in [3.8, 4) is 11.5 Å². The van der Waals surface area contributed by atoms with E-state index in [4.69, 9.17) is 21.1 Å². The molecule has 1 unspecified atom stereocenters. The van der Waals surface area contributed by atoms with E-state index >= 15 is 0 Å². The zero-order valence-electron chi connectivity index (χ0n) is 12.6. The molecule has 0 aromatic heterocycles. The molecule has 3 nitrogen and oxygen atoms in total. The number of hydrogen-bond donors (Lipinski definition) is 1. The zero-order chi connectivity index (χ0) is 14.5. The van der Waals surface area contributed by atoms with Crippen molar-refractivity contribution in [1.82, 2.24) is 5.32 Å². The fourth-order valence-electron chi connectivity index (χ4n) is 3.01. The van der Waals surface area contributed by atoms with Gasteiger partial charge >= 0.3 is 0 Å². The minimum atomic E-state index is 0.518. The first-order chi connectivity index (χ1) is 9.71. The Labute approximate surface area is 126 Å². The standard InChI is InChI=1S/C16H24ClNO2/c1-4-12-13(9-11-7-5-6-8-18-11)14(17)10-15(19-2)16(12)20-3/h10-11,18H,4-9H2,1-3H3. The molecule has 0 spiro atoms. The summed E-state index contributed by atoms with van der Waals surface area (Å²) in [6.07, 6.45) is 5.64. The van der Waals surface area contributed by atoms with Crippen LogP contribution in [-0.4, -0.2) is 26.8 Å². The van der Waals surface area contributed by atoms with Crippen molar-refractivity contribution in [2.75, 3.05) is 20.8 Å². The number of nitrogens with one attached hydrogen (secondary N) is 1. The summed E-state index contributed by atoms with van der Waals surface area (Å²) in [4.78, 5) is 0. The summed E-state index contributed by atoms with van der Waals surface area (Å²) in [5, 5.41) is 4.37. The van der Waals surface area contributed by atoms with Crippen LogP contribution in [0.15, 0.2) is 6.07 Å². The Morgan fingerprint density at radius 2 is 2.05 bits per heavy atom. The van der Waals surface area contributed by atoms with Gasteiger partial charge in [0, 0.05) is 22.7 Å². The van der Waals surface area contributed by atoms with E-state index in [1.165, 1.54) is 30.4 Å². The minimum absolute atomic E-state index is 0.518. The summed E-state index contributed by atoms with van der Waals surface area (Å²) in [5.41, 5.74) is 2.37. The highest BCUT2D eigenvalue weighted by molar-refractivity contribution is 6.31. The van der Waals surface area contributed by atoms with E-state index in [1.54, 1.807) is 14.2 Å². The molecule has 112 valence electrons. The van der Waals surface area contributed by atoms with Gasteiger partial charge in [-0.05, 0) is 37.8 Å². The number of hydrogen-bond acceptors (Lipinski definition) is 3. The van der Waals surface area contributed by atoms with E-state index in [9.17, 15) is 0 Å². The molecule has 0 aliphatic carbocycles. The number of halogens is 1. The Kier molecular flexibility index (Phi) is 5.55. The van der Waals surface area contributed by atoms with Crippen LogP contribution in [0, 0.1) is 0 Å². The fraction of sp³-hybridized carbons (Fsp3) is 0.625. The lowest BCUT2D eigenvalue weighted by Gasteiger charge is -2.26. The molecule has 4 heteroatoms. The van der Waals surface area contributed by atoms with Crippen LogP contribution >= 0.6 is 11.6 Å². The van der Waals surface area contributed by atoms with E-state index in [2.05, 4.69) is 12.2 Å². The monoisotopic (exact) mass is 297 g/mol. The Morgan fingerprint density at radius 3 is 2.60 bits per heavy atom. The van der Waals surface area contributed by atoms with Crippen molar-refractivity contribution in [2.45, 2.75) is 45.1 Å². The van der Waals surface area contributed by atoms with Crippen molar-refractivity contribution in [3.63, 3.8) is 0 Å². The van der Waals surface area contributed by atoms with Crippen LogP contribution < -0.4 is 14.8 Å². The molecule has 1 atom stereocenters. The number of methoxy groups -OCH3 is 2. The van der Waals surface area contributed by atoms with Crippen LogP contribution in [0.2, 0.25) is 5.02 Å². The molecule has 1 aromatic rings. The topological polar surface area (TPSA) is 30.5 Å². The molecular weight excluding hydrogens is 274 g/mol. The Bertz CT molecular complexity index is 456. The average Bonchev–Trinajstić information content (AvgIpc) is 2.49. The highest BCUT2D eigenvalue weighted by Gasteiger charge is 2.21. The van der Waals surface area contributed by atoms with Crippen LogP contribution in [-0.2, 0) is 12.8 Å². The zero-order valence-corrected chi connectivity index (χ0v) is 13.3. The molecule has 1 aromatic carbocycles. The lowest BCUT2D eigenvalue weighted by Crippen LogP contribution is -2.35. The summed E-state index contributed by atoms with van der Waals surface area (Å²) in [7, 11) is 3.34. The molecule has 1 N–H and O–H groups in total. The third-order valence-electron chi connectivity index (χ3n) is 4.05. The maximum Gasteiger partial charge on any atom is 0.164 e. The van der Waals surface area contributed by atoms with Gasteiger partial charge in [-0.2, -0.15) is 0 Å². The van der Waals surface area contributed by atoms with Gasteiger partial charge in [0.2, 0.25) is 0 Å². The molecule has 0 amide bonds. The third kappa shape index (κ3) is 3.21. The summed E-state index contributed by atoms with van der Waals surface area (Å²) < 4.78 is 10.9. The summed E-state index contributed by atoms with van der Waals surface area (Å²) in [6, 6.07) is 2.39. The van der Waals surface area contributed by atoms with Gasteiger partial charge in [-0.25, -0.2) is 0 Å². The lowest BCUT2D eigenvalue weighted by atomic mass is 9.93. The molecule has 0 radical (unpaired) electrons. The SMILES string of the molecule is CCc1c(CC2CCCCN2)c(Cl)cc(OC)c1OC. The first-order valence-electron chi connectivity index (χ1n) is 7.36. The van der Waals surface area contributed by atoms with Crippen molar-refractivity contribution in [3.05, 3.63) is 22.2 Å². The Morgan fingerprint density at radius 1 is 1.25 bits per heavy atom. The quantitative estimate of drug-likeness (QED) is 0.901. The van der Waals surface area contributed by atoms with Gasteiger partial charge in [-0.15, -0.1) is 0 Å². The molecule has 1 fully saturated rings. The first-order valence-corrected chi connectivity index (χ1v) is 7.74. The van der Waals surface area contributed by atoms with Gasteiger partial charge in [0.05, 0.1) is 14.2 Å². The predicted octanol–water partition coefficient (Wildman–Crippen LogP) is 3.60. The summed E-state index contributed by atoms with van der Waals surface area (Å²) >= 11 is 6.48. The maximum absolute atomic E-state index is 6.48. The average molecular weight is 298 g/mol. The molecule has 1 aliphatic heterocycles. The molecule has 20 heavy (non-hydrogen) atoms. The second-order valence-electron chi connectivity index (χ2n) is 5.26. The van der Waals surface area contributed by atoms with Crippen molar-refractivity contribution in [2.24, 2.45) is 0 Å². The molecular formula is C16H24ClNO2. The van der Waals surface area contributed by atoms with E-state index in [0.717, 1.165) is 35.9 Å². The van der Waals surface area contributed by atoms with Crippen LogP contribution in [0.25, 0.3) is 0 Å². The van der Waals surface area contributed by atoms with Crippen molar-refractivity contribution in [1.29, 1.82) is 0 Å².